The summed E-state index contributed by atoms with van der Waals surface area (Å²) < 4.78 is 0. The predicted molar refractivity (Wildman–Crippen MR) is 63.4 cm³/mol. The highest BCUT2D eigenvalue weighted by molar-refractivity contribution is 9.09. The molecule has 13 heavy (non-hydrogen) atoms. The first-order chi connectivity index (χ1) is 6.02. The number of halogens is 1. The van der Waals surface area contributed by atoms with Gasteiger partial charge in [0.15, 0.2) is 0 Å². The van der Waals surface area contributed by atoms with Crippen LogP contribution in [0.2, 0.25) is 0 Å². The normalized spacial score (nSPS) is 23.1. The lowest BCUT2D eigenvalue weighted by Crippen LogP contribution is -2.28. The Morgan fingerprint density at radius 1 is 1.23 bits per heavy atom. The van der Waals surface area contributed by atoms with Gasteiger partial charge in [-0.05, 0) is 30.6 Å². The summed E-state index contributed by atoms with van der Waals surface area (Å²) in [6.45, 7) is 7.16. The first-order valence-electron chi connectivity index (χ1n) is 5.66. The van der Waals surface area contributed by atoms with Gasteiger partial charge >= 0.3 is 0 Å². The molecule has 1 fully saturated rings. The van der Waals surface area contributed by atoms with Crippen LogP contribution in [-0.2, 0) is 0 Å². The van der Waals surface area contributed by atoms with Gasteiger partial charge in [0.05, 0.1) is 0 Å². The second-order valence-electron chi connectivity index (χ2n) is 5.31. The molecule has 0 bridgehead atoms. The third-order valence-corrected chi connectivity index (χ3v) is 3.84. The molecule has 0 aromatic heterocycles. The minimum Gasteiger partial charge on any atom is -0.0893 e. The zero-order chi connectivity index (χ0) is 9.90. The molecule has 0 aromatic carbocycles. The first kappa shape index (κ1) is 11.6. The van der Waals surface area contributed by atoms with Crippen molar-refractivity contribution in [1.82, 2.24) is 0 Å². The lowest BCUT2D eigenvalue weighted by molar-refractivity contribution is 0.147. The number of hydrogen-bond acceptors (Lipinski definition) is 0. The molecule has 1 saturated carbocycles. The van der Waals surface area contributed by atoms with E-state index in [0.29, 0.717) is 10.2 Å². The Morgan fingerprint density at radius 2 is 1.77 bits per heavy atom. The molecule has 0 nitrogen and oxygen atoms in total. The summed E-state index contributed by atoms with van der Waals surface area (Å²) in [7, 11) is 0. The van der Waals surface area contributed by atoms with Crippen molar-refractivity contribution in [1.29, 1.82) is 0 Å². The first-order valence-corrected chi connectivity index (χ1v) is 6.58. The van der Waals surface area contributed by atoms with Gasteiger partial charge in [-0.15, -0.1) is 0 Å². The largest absolute Gasteiger partial charge is 0.0893 e. The molecule has 0 amide bonds. The van der Waals surface area contributed by atoms with E-state index < -0.39 is 0 Å². The van der Waals surface area contributed by atoms with Gasteiger partial charge in [-0.3, -0.25) is 0 Å². The van der Waals surface area contributed by atoms with Crippen LogP contribution >= 0.6 is 15.9 Å². The fourth-order valence-electron chi connectivity index (χ4n) is 2.78. The Bertz CT molecular complexity index is 143. The van der Waals surface area contributed by atoms with E-state index in [2.05, 4.69) is 36.7 Å². The van der Waals surface area contributed by atoms with Crippen molar-refractivity contribution in [3.63, 3.8) is 0 Å². The molecule has 1 heteroatoms. The fraction of sp³-hybridized carbons (Fsp3) is 1.00. The molecule has 0 saturated heterocycles. The van der Waals surface area contributed by atoms with Crippen molar-refractivity contribution in [3.05, 3.63) is 0 Å². The SMILES string of the molecule is CC(Br)CC(C)(C)C1CCCCC1. The summed E-state index contributed by atoms with van der Waals surface area (Å²) in [6.07, 6.45) is 8.64. The molecule has 1 atom stereocenters. The molecule has 0 N–H and O–H groups in total. The van der Waals surface area contributed by atoms with E-state index >= 15 is 0 Å². The number of rotatable bonds is 3. The van der Waals surface area contributed by atoms with Gasteiger partial charge in [-0.1, -0.05) is 56.0 Å². The maximum absolute atomic E-state index is 3.68. The quantitative estimate of drug-likeness (QED) is 0.630. The van der Waals surface area contributed by atoms with Gasteiger partial charge in [-0.25, -0.2) is 0 Å². The van der Waals surface area contributed by atoms with Crippen LogP contribution in [0, 0.1) is 11.3 Å². The van der Waals surface area contributed by atoms with Crippen LogP contribution in [0.5, 0.6) is 0 Å². The summed E-state index contributed by atoms with van der Waals surface area (Å²) in [4.78, 5) is 0.671. The number of hydrogen-bond donors (Lipinski definition) is 0. The fourth-order valence-corrected chi connectivity index (χ4v) is 3.61. The summed E-state index contributed by atoms with van der Waals surface area (Å²) >= 11 is 3.68. The van der Waals surface area contributed by atoms with Crippen molar-refractivity contribution < 1.29 is 0 Å². The minimum absolute atomic E-state index is 0.545. The highest BCUT2D eigenvalue weighted by Gasteiger charge is 2.31. The second kappa shape index (κ2) is 4.82. The van der Waals surface area contributed by atoms with Gasteiger partial charge in [0.25, 0.3) is 0 Å². The zero-order valence-corrected chi connectivity index (χ0v) is 10.9. The predicted octanol–water partition coefficient (Wildman–Crippen LogP) is 4.77. The molecule has 1 unspecified atom stereocenters. The molecular weight excluding hydrogens is 224 g/mol. The van der Waals surface area contributed by atoms with E-state index in [0.717, 1.165) is 5.92 Å². The molecule has 1 aliphatic rings. The average Bonchev–Trinajstić information content (AvgIpc) is 2.04. The zero-order valence-electron chi connectivity index (χ0n) is 9.28. The maximum atomic E-state index is 3.68. The van der Waals surface area contributed by atoms with Crippen LogP contribution in [0.15, 0.2) is 0 Å². The Morgan fingerprint density at radius 3 is 2.23 bits per heavy atom. The Kier molecular flexibility index (Phi) is 4.28. The highest BCUT2D eigenvalue weighted by atomic mass is 79.9. The van der Waals surface area contributed by atoms with E-state index in [1.165, 1.54) is 38.5 Å². The topological polar surface area (TPSA) is 0 Å². The lowest BCUT2D eigenvalue weighted by Gasteiger charge is -2.38. The van der Waals surface area contributed by atoms with Crippen molar-refractivity contribution >= 4 is 15.9 Å². The van der Waals surface area contributed by atoms with Gasteiger partial charge in [0.1, 0.15) is 0 Å². The Balaban J connectivity index is 2.45. The molecule has 0 radical (unpaired) electrons. The molecule has 0 aliphatic heterocycles. The minimum atomic E-state index is 0.545. The van der Waals surface area contributed by atoms with Crippen LogP contribution in [0.1, 0.15) is 59.3 Å². The van der Waals surface area contributed by atoms with Crippen LogP contribution in [0.3, 0.4) is 0 Å². The Labute approximate surface area is 91.6 Å². The van der Waals surface area contributed by atoms with Gasteiger partial charge < -0.3 is 0 Å². The van der Waals surface area contributed by atoms with Crippen LogP contribution in [-0.4, -0.2) is 4.83 Å². The lowest BCUT2D eigenvalue weighted by atomic mass is 9.69. The van der Waals surface area contributed by atoms with E-state index in [4.69, 9.17) is 0 Å². The van der Waals surface area contributed by atoms with Gasteiger partial charge in [0.2, 0.25) is 0 Å². The summed E-state index contributed by atoms with van der Waals surface area (Å²) in [5.74, 6) is 0.973. The summed E-state index contributed by atoms with van der Waals surface area (Å²) in [6, 6.07) is 0. The third kappa shape index (κ3) is 3.61. The summed E-state index contributed by atoms with van der Waals surface area (Å²) in [5, 5.41) is 0. The molecule has 1 rings (SSSR count). The van der Waals surface area contributed by atoms with Crippen LogP contribution in [0.25, 0.3) is 0 Å². The van der Waals surface area contributed by atoms with Crippen LogP contribution < -0.4 is 0 Å². The van der Waals surface area contributed by atoms with E-state index in [-0.39, 0.29) is 0 Å². The third-order valence-electron chi connectivity index (χ3n) is 3.52. The second-order valence-corrected chi connectivity index (χ2v) is 6.87. The molecule has 0 heterocycles. The highest BCUT2D eigenvalue weighted by Crippen LogP contribution is 2.42. The van der Waals surface area contributed by atoms with E-state index in [9.17, 15) is 0 Å². The van der Waals surface area contributed by atoms with Crippen molar-refractivity contribution in [2.24, 2.45) is 11.3 Å². The smallest absolute Gasteiger partial charge is 0.0122 e. The standard InChI is InChI=1S/C12H23Br/c1-10(13)9-12(2,3)11-7-5-4-6-8-11/h10-11H,4-9H2,1-3H3. The molecular formula is C12H23Br. The Hall–Kier alpha value is 0.480. The van der Waals surface area contributed by atoms with Crippen molar-refractivity contribution in [3.8, 4) is 0 Å². The number of alkyl halides is 1. The summed E-state index contributed by atoms with van der Waals surface area (Å²) in [5.41, 5.74) is 0.545. The van der Waals surface area contributed by atoms with Gasteiger partial charge in [0, 0.05) is 4.83 Å². The van der Waals surface area contributed by atoms with Crippen molar-refractivity contribution in [2.45, 2.75) is 64.1 Å². The molecule has 0 aromatic rings. The molecule has 1 aliphatic carbocycles. The molecule has 0 spiro atoms. The van der Waals surface area contributed by atoms with Crippen LogP contribution in [0.4, 0.5) is 0 Å². The monoisotopic (exact) mass is 246 g/mol. The van der Waals surface area contributed by atoms with E-state index in [1.807, 2.05) is 0 Å². The van der Waals surface area contributed by atoms with Gasteiger partial charge in [-0.2, -0.15) is 0 Å². The van der Waals surface area contributed by atoms with E-state index in [1.54, 1.807) is 0 Å². The molecule has 78 valence electrons. The van der Waals surface area contributed by atoms with Crippen molar-refractivity contribution in [2.75, 3.05) is 0 Å². The average molecular weight is 247 g/mol. The maximum Gasteiger partial charge on any atom is 0.0122 e.